The summed E-state index contributed by atoms with van der Waals surface area (Å²) >= 11 is 0. The van der Waals surface area contributed by atoms with E-state index in [-0.39, 0.29) is 29.7 Å². The van der Waals surface area contributed by atoms with Crippen LogP contribution in [0.15, 0.2) is 0 Å². The van der Waals surface area contributed by atoms with E-state index in [2.05, 4.69) is 10.6 Å². The zero-order chi connectivity index (χ0) is 19.4. The minimum atomic E-state index is -0.0120. The fourth-order valence-corrected chi connectivity index (χ4v) is 3.34. The van der Waals surface area contributed by atoms with E-state index in [1.165, 1.54) is 0 Å². The maximum atomic E-state index is 12.0. The van der Waals surface area contributed by atoms with E-state index >= 15 is 0 Å². The Balaban J connectivity index is 2.08. The number of rotatable bonds is 12. The topological polar surface area (TPSA) is 84.5 Å². The molecule has 1 aliphatic carbocycles. The van der Waals surface area contributed by atoms with Crippen LogP contribution in [-0.4, -0.2) is 43.4 Å². The number of hydrogen-bond acceptors (Lipinski definition) is 4. The van der Waals surface area contributed by atoms with Gasteiger partial charge in [-0.2, -0.15) is 0 Å². The summed E-state index contributed by atoms with van der Waals surface area (Å²) in [4.78, 5) is 35.7. The van der Waals surface area contributed by atoms with Gasteiger partial charge in [-0.3, -0.25) is 14.4 Å². The first-order valence-electron chi connectivity index (χ1n) is 10.1. The molecule has 0 bridgehead atoms. The highest BCUT2D eigenvalue weighted by Crippen LogP contribution is 2.27. The van der Waals surface area contributed by atoms with Crippen LogP contribution in [0.1, 0.15) is 72.1 Å². The van der Waals surface area contributed by atoms with Crippen molar-refractivity contribution < 1.29 is 19.1 Å². The lowest BCUT2D eigenvalue weighted by atomic mass is 9.80. The van der Waals surface area contributed by atoms with E-state index < -0.39 is 0 Å². The molecule has 6 nitrogen and oxygen atoms in total. The summed E-state index contributed by atoms with van der Waals surface area (Å²) < 4.78 is 5.21. The SMILES string of the molecule is CCOCCCNC(=O)CCCC(=O)NC1CCC(C(=O)C(C)C)CC1. The normalized spacial score (nSPS) is 20.0. The molecular formula is C20H36N2O4. The molecule has 0 saturated heterocycles. The standard InChI is InChI=1S/C20H36N2O4/c1-4-26-14-6-13-21-18(23)7-5-8-19(24)22-17-11-9-16(10-12-17)20(25)15(2)3/h15-17H,4-14H2,1-3H3,(H,21,23)(H,22,24). The number of amides is 2. The predicted molar refractivity (Wildman–Crippen MR) is 102 cm³/mol. The smallest absolute Gasteiger partial charge is 0.220 e. The van der Waals surface area contributed by atoms with Crippen molar-refractivity contribution in [3.05, 3.63) is 0 Å². The molecule has 6 heteroatoms. The lowest BCUT2D eigenvalue weighted by molar-refractivity contribution is -0.127. The van der Waals surface area contributed by atoms with Gasteiger partial charge in [-0.1, -0.05) is 13.8 Å². The Hall–Kier alpha value is -1.43. The van der Waals surface area contributed by atoms with Gasteiger partial charge < -0.3 is 15.4 Å². The van der Waals surface area contributed by atoms with Crippen LogP contribution in [0.25, 0.3) is 0 Å². The first-order chi connectivity index (χ1) is 12.4. The van der Waals surface area contributed by atoms with Gasteiger partial charge in [0.15, 0.2) is 0 Å². The average molecular weight is 369 g/mol. The van der Waals surface area contributed by atoms with Gasteiger partial charge in [-0.15, -0.1) is 0 Å². The maximum Gasteiger partial charge on any atom is 0.220 e. The Morgan fingerprint density at radius 2 is 1.65 bits per heavy atom. The van der Waals surface area contributed by atoms with E-state index in [0.717, 1.165) is 32.1 Å². The Bertz CT molecular complexity index is 443. The monoisotopic (exact) mass is 368 g/mol. The molecule has 0 heterocycles. The van der Waals surface area contributed by atoms with Gasteiger partial charge in [-0.25, -0.2) is 0 Å². The zero-order valence-corrected chi connectivity index (χ0v) is 16.6. The second-order valence-corrected chi connectivity index (χ2v) is 7.43. The molecule has 0 atom stereocenters. The quantitative estimate of drug-likeness (QED) is 0.519. The van der Waals surface area contributed by atoms with E-state index in [9.17, 15) is 14.4 Å². The van der Waals surface area contributed by atoms with E-state index in [0.29, 0.717) is 44.8 Å². The second-order valence-electron chi connectivity index (χ2n) is 7.43. The summed E-state index contributed by atoms with van der Waals surface area (Å²) in [6, 6.07) is 0.172. The summed E-state index contributed by atoms with van der Waals surface area (Å²) in [7, 11) is 0. The highest BCUT2D eigenvalue weighted by molar-refractivity contribution is 5.83. The maximum absolute atomic E-state index is 12.0. The van der Waals surface area contributed by atoms with Crippen LogP contribution < -0.4 is 10.6 Å². The van der Waals surface area contributed by atoms with Crippen LogP contribution in [0.3, 0.4) is 0 Å². The Labute approximate surface area is 157 Å². The van der Waals surface area contributed by atoms with Crippen LogP contribution in [0.4, 0.5) is 0 Å². The molecule has 1 aliphatic rings. The first kappa shape index (κ1) is 22.6. The Morgan fingerprint density at radius 3 is 2.27 bits per heavy atom. The molecule has 1 rings (SSSR count). The molecular weight excluding hydrogens is 332 g/mol. The van der Waals surface area contributed by atoms with Gasteiger partial charge in [0, 0.05) is 50.5 Å². The highest BCUT2D eigenvalue weighted by Gasteiger charge is 2.28. The van der Waals surface area contributed by atoms with Crippen LogP contribution in [0, 0.1) is 11.8 Å². The summed E-state index contributed by atoms with van der Waals surface area (Å²) in [6.07, 6.45) is 5.59. The molecule has 0 radical (unpaired) electrons. The van der Waals surface area contributed by atoms with E-state index in [1.807, 2.05) is 20.8 Å². The summed E-state index contributed by atoms with van der Waals surface area (Å²) in [5.74, 6) is 0.600. The van der Waals surface area contributed by atoms with Crippen molar-refractivity contribution in [3.63, 3.8) is 0 Å². The van der Waals surface area contributed by atoms with Crippen LogP contribution in [-0.2, 0) is 19.1 Å². The molecule has 1 fully saturated rings. The third-order valence-corrected chi connectivity index (χ3v) is 4.86. The van der Waals surface area contributed by atoms with Gasteiger partial charge in [0.2, 0.25) is 11.8 Å². The van der Waals surface area contributed by atoms with Gasteiger partial charge in [0.1, 0.15) is 5.78 Å². The number of nitrogens with one attached hydrogen (secondary N) is 2. The molecule has 0 aromatic rings. The fourth-order valence-electron chi connectivity index (χ4n) is 3.34. The molecule has 0 aliphatic heterocycles. The number of carbonyl (C=O) groups excluding carboxylic acids is 3. The number of Topliss-reactive ketones (excluding diaryl/α,β-unsaturated/α-hetero) is 1. The molecule has 0 spiro atoms. The van der Waals surface area contributed by atoms with Crippen molar-refractivity contribution in [2.75, 3.05) is 19.8 Å². The van der Waals surface area contributed by atoms with E-state index in [1.54, 1.807) is 0 Å². The molecule has 1 saturated carbocycles. The fraction of sp³-hybridized carbons (Fsp3) is 0.850. The van der Waals surface area contributed by atoms with Gasteiger partial charge >= 0.3 is 0 Å². The molecule has 26 heavy (non-hydrogen) atoms. The van der Waals surface area contributed by atoms with Gasteiger partial charge in [-0.05, 0) is 45.4 Å². The molecule has 150 valence electrons. The minimum Gasteiger partial charge on any atom is -0.382 e. The molecule has 2 N–H and O–H groups in total. The molecule has 2 amide bonds. The molecule has 0 aromatic heterocycles. The van der Waals surface area contributed by atoms with Crippen molar-refractivity contribution in [1.29, 1.82) is 0 Å². The lowest BCUT2D eigenvalue weighted by Gasteiger charge is -2.29. The number of ether oxygens (including phenoxy) is 1. The number of ketones is 1. The second kappa shape index (κ2) is 12.8. The lowest BCUT2D eigenvalue weighted by Crippen LogP contribution is -2.39. The van der Waals surface area contributed by atoms with Crippen LogP contribution >= 0.6 is 0 Å². The summed E-state index contributed by atoms with van der Waals surface area (Å²) in [6.45, 7) is 7.81. The minimum absolute atomic E-state index is 0.00721. The van der Waals surface area contributed by atoms with Crippen molar-refractivity contribution in [2.24, 2.45) is 11.8 Å². The zero-order valence-electron chi connectivity index (χ0n) is 16.6. The van der Waals surface area contributed by atoms with Gasteiger partial charge in [0.25, 0.3) is 0 Å². The van der Waals surface area contributed by atoms with Crippen LogP contribution in [0.2, 0.25) is 0 Å². The summed E-state index contributed by atoms with van der Waals surface area (Å²) in [5, 5.41) is 5.89. The largest absolute Gasteiger partial charge is 0.382 e. The van der Waals surface area contributed by atoms with Crippen molar-refractivity contribution in [3.8, 4) is 0 Å². The number of hydrogen-bond donors (Lipinski definition) is 2. The Morgan fingerprint density at radius 1 is 1.00 bits per heavy atom. The molecule has 0 aromatic carbocycles. The van der Waals surface area contributed by atoms with Crippen molar-refractivity contribution in [1.82, 2.24) is 10.6 Å². The van der Waals surface area contributed by atoms with Crippen molar-refractivity contribution in [2.45, 2.75) is 78.2 Å². The highest BCUT2D eigenvalue weighted by atomic mass is 16.5. The first-order valence-corrected chi connectivity index (χ1v) is 10.1. The third-order valence-electron chi connectivity index (χ3n) is 4.86. The van der Waals surface area contributed by atoms with Crippen molar-refractivity contribution >= 4 is 17.6 Å². The number of carbonyl (C=O) groups is 3. The Kier molecular flexibility index (Phi) is 11.2. The van der Waals surface area contributed by atoms with Crippen LogP contribution in [0.5, 0.6) is 0 Å². The summed E-state index contributed by atoms with van der Waals surface area (Å²) in [5.41, 5.74) is 0. The third kappa shape index (κ3) is 9.32. The predicted octanol–water partition coefficient (Wildman–Crippen LogP) is 2.60. The average Bonchev–Trinajstić information content (AvgIpc) is 2.61. The van der Waals surface area contributed by atoms with E-state index in [4.69, 9.17) is 4.74 Å². The molecule has 0 unspecified atom stereocenters. The van der Waals surface area contributed by atoms with Gasteiger partial charge in [0.05, 0.1) is 0 Å².